The Labute approximate surface area is 100 Å². The second-order valence-corrected chi connectivity index (χ2v) is 3.75. The fourth-order valence-electron chi connectivity index (χ4n) is 1.04. The molecule has 7 heteroatoms. The number of hydrogen-bond donors (Lipinski definition) is 3. The lowest BCUT2D eigenvalue weighted by molar-refractivity contribution is -0.138. The molecule has 98 valence electrons. The summed E-state index contributed by atoms with van der Waals surface area (Å²) in [6, 6.07) is -2.37. The van der Waals surface area contributed by atoms with E-state index in [0.717, 1.165) is 0 Å². The molecule has 7 nitrogen and oxygen atoms in total. The highest BCUT2D eigenvalue weighted by atomic mass is 16.4. The van der Waals surface area contributed by atoms with Gasteiger partial charge in [-0.3, -0.25) is 9.59 Å². The lowest BCUT2D eigenvalue weighted by Crippen LogP contribution is -2.51. The van der Waals surface area contributed by atoms with Crippen molar-refractivity contribution >= 4 is 17.9 Å². The molecule has 0 aliphatic carbocycles. The topological polar surface area (TPSA) is 98.7 Å². The summed E-state index contributed by atoms with van der Waals surface area (Å²) in [5.74, 6) is -1.37. The quantitative estimate of drug-likeness (QED) is 0.615. The van der Waals surface area contributed by atoms with E-state index in [1.165, 1.54) is 11.8 Å². The maximum atomic E-state index is 11.6. The standard InChI is InChI=1S/C10H19N3O4/c1-5-13(4)8(14)6(2)11-10(17)12-7(3)9(15)16/h6-7H,5H2,1-4H3,(H,15,16)(H2,11,12,17)/t6?,7-/m1/s1. The van der Waals surface area contributed by atoms with Crippen LogP contribution in [0.25, 0.3) is 0 Å². The van der Waals surface area contributed by atoms with Gasteiger partial charge in [-0.1, -0.05) is 0 Å². The van der Waals surface area contributed by atoms with Crippen LogP contribution in [0.5, 0.6) is 0 Å². The predicted octanol–water partition coefficient (Wildman–Crippen LogP) is -0.374. The van der Waals surface area contributed by atoms with Crippen LogP contribution in [0.3, 0.4) is 0 Å². The van der Waals surface area contributed by atoms with Crippen molar-refractivity contribution in [3.63, 3.8) is 0 Å². The zero-order valence-corrected chi connectivity index (χ0v) is 10.5. The number of nitrogens with zero attached hydrogens (tertiary/aromatic N) is 1. The van der Waals surface area contributed by atoms with Crippen molar-refractivity contribution in [3.8, 4) is 0 Å². The molecule has 0 rings (SSSR count). The molecule has 17 heavy (non-hydrogen) atoms. The van der Waals surface area contributed by atoms with Crippen LogP contribution >= 0.6 is 0 Å². The molecule has 0 bridgehead atoms. The van der Waals surface area contributed by atoms with Crippen molar-refractivity contribution in [2.24, 2.45) is 0 Å². The number of carboxylic acid groups (broad SMARTS) is 1. The van der Waals surface area contributed by atoms with Gasteiger partial charge < -0.3 is 20.6 Å². The highest BCUT2D eigenvalue weighted by molar-refractivity contribution is 5.88. The largest absolute Gasteiger partial charge is 0.480 e. The molecule has 0 fully saturated rings. The van der Waals surface area contributed by atoms with E-state index in [0.29, 0.717) is 6.54 Å². The van der Waals surface area contributed by atoms with Gasteiger partial charge in [-0.05, 0) is 20.8 Å². The number of rotatable bonds is 5. The molecule has 0 aromatic rings. The molecule has 0 heterocycles. The number of aliphatic carboxylic acids is 1. The highest BCUT2D eigenvalue weighted by Gasteiger charge is 2.20. The molecule has 3 amide bonds. The van der Waals surface area contributed by atoms with Gasteiger partial charge in [0.25, 0.3) is 0 Å². The Kier molecular flexibility index (Phi) is 6.01. The fourth-order valence-corrected chi connectivity index (χ4v) is 1.04. The first-order valence-electron chi connectivity index (χ1n) is 5.34. The number of nitrogens with one attached hydrogen (secondary N) is 2. The molecule has 0 saturated carbocycles. The summed E-state index contributed by atoms with van der Waals surface area (Å²) in [6.07, 6.45) is 0. The Balaban J connectivity index is 4.21. The molecule has 1 unspecified atom stereocenters. The van der Waals surface area contributed by atoms with Crippen LogP contribution < -0.4 is 10.6 Å². The van der Waals surface area contributed by atoms with E-state index in [-0.39, 0.29) is 5.91 Å². The summed E-state index contributed by atoms with van der Waals surface area (Å²) in [4.78, 5) is 34.9. The summed E-state index contributed by atoms with van der Waals surface area (Å²) in [7, 11) is 1.62. The molecule has 2 atom stereocenters. The second kappa shape index (κ2) is 6.72. The molecular formula is C10H19N3O4. The Bertz CT molecular complexity index is 306. The maximum absolute atomic E-state index is 11.6. The van der Waals surface area contributed by atoms with Crippen molar-refractivity contribution in [1.29, 1.82) is 0 Å². The summed E-state index contributed by atoms with van der Waals surface area (Å²) in [5, 5.41) is 13.2. The van der Waals surface area contributed by atoms with Gasteiger partial charge in [0.2, 0.25) is 5.91 Å². The van der Waals surface area contributed by atoms with E-state index in [9.17, 15) is 14.4 Å². The zero-order valence-electron chi connectivity index (χ0n) is 10.5. The van der Waals surface area contributed by atoms with E-state index in [2.05, 4.69) is 10.6 Å². The molecule has 0 aromatic heterocycles. The first kappa shape index (κ1) is 15.2. The normalized spacial score (nSPS) is 13.4. The van der Waals surface area contributed by atoms with Crippen LogP contribution in [-0.2, 0) is 9.59 Å². The molecule has 0 radical (unpaired) electrons. The van der Waals surface area contributed by atoms with Gasteiger partial charge in [-0.15, -0.1) is 0 Å². The number of hydrogen-bond acceptors (Lipinski definition) is 3. The van der Waals surface area contributed by atoms with E-state index < -0.39 is 24.1 Å². The first-order valence-corrected chi connectivity index (χ1v) is 5.34. The van der Waals surface area contributed by atoms with Crippen molar-refractivity contribution in [2.75, 3.05) is 13.6 Å². The number of carbonyl (C=O) groups excluding carboxylic acids is 2. The van der Waals surface area contributed by atoms with E-state index >= 15 is 0 Å². The lowest BCUT2D eigenvalue weighted by atomic mass is 10.3. The number of carbonyl (C=O) groups is 3. The first-order chi connectivity index (χ1) is 7.79. The summed E-state index contributed by atoms with van der Waals surface area (Å²) >= 11 is 0. The molecule has 0 aliphatic rings. The lowest BCUT2D eigenvalue weighted by Gasteiger charge is -2.21. The SMILES string of the molecule is CCN(C)C(=O)C(C)NC(=O)N[C@H](C)C(=O)O. The Morgan fingerprint density at radius 2 is 1.65 bits per heavy atom. The molecule has 0 spiro atoms. The molecule has 0 saturated heterocycles. The van der Waals surface area contributed by atoms with Gasteiger partial charge in [0.1, 0.15) is 12.1 Å². The van der Waals surface area contributed by atoms with Crippen molar-refractivity contribution in [1.82, 2.24) is 15.5 Å². The minimum atomic E-state index is -1.13. The van der Waals surface area contributed by atoms with Gasteiger partial charge in [0, 0.05) is 13.6 Å². The Morgan fingerprint density at radius 3 is 2.06 bits per heavy atom. The van der Waals surface area contributed by atoms with Gasteiger partial charge in [-0.25, -0.2) is 4.79 Å². The number of carboxylic acids is 1. The number of likely N-dealkylation sites (N-methyl/N-ethyl adjacent to an activating group) is 1. The van der Waals surface area contributed by atoms with Crippen LogP contribution in [0.15, 0.2) is 0 Å². The van der Waals surface area contributed by atoms with E-state index in [4.69, 9.17) is 5.11 Å². The van der Waals surface area contributed by atoms with Crippen LogP contribution in [0, 0.1) is 0 Å². The highest BCUT2D eigenvalue weighted by Crippen LogP contribution is 1.91. The van der Waals surface area contributed by atoms with Gasteiger partial charge in [0.05, 0.1) is 0 Å². The van der Waals surface area contributed by atoms with E-state index in [1.54, 1.807) is 14.0 Å². The third kappa shape index (κ3) is 5.19. The fraction of sp³-hybridized carbons (Fsp3) is 0.700. The van der Waals surface area contributed by atoms with Crippen LogP contribution in [0.2, 0.25) is 0 Å². The van der Waals surface area contributed by atoms with Crippen molar-refractivity contribution in [2.45, 2.75) is 32.9 Å². The zero-order chi connectivity index (χ0) is 13.6. The third-order valence-electron chi connectivity index (χ3n) is 2.29. The summed E-state index contributed by atoms with van der Waals surface area (Å²) < 4.78 is 0. The van der Waals surface area contributed by atoms with Gasteiger partial charge in [0.15, 0.2) is 0 Å². The third-order valence-corrected chi connectivity index (χ3v) is 2.29. The van der Waals surface area contributed by atoms with E-state index in [1.807, 2.05) is 6.92 Å². The minimum absolute atomic E-state index is 0.231. The van der Waals surface area contributed by atoms with Crippen LogP contribution in [0.1, 0.15) is 20.8 Å². The minimum Gasteiger partial charge on any atom is -0.480 e. The molecular weight excluding hydrogens is 226 g/mol. The molecule has 3 N–H and O–H groups in total. The van der Waals surface area contributed by atoms with Crippen LogP contribution in [-0.4, -0.2) is 53.6 Å². The Hall–Kier alpha value is -1.79. The summed E-state index contributed by atoms with van der Waals surface area (Å²) in [5.41, 5.74) is 0. The molecule has 0 aromatic carbocycles. The van der Waals surface area contributed by atoms with Gasteiger partial charge >= 0.3 is 12.0 Å². The number of urea groups is 1. The predicted molar refractivity (Wildman–Crippen MR) is 61.5 cm³/mol. The summed E-state index contributed by atoms with van der Waals surface area (Å²) in [6.45, 7) is 5.24. The van der Waals surface area contributed by atoms with Gasteiger partial charge in [-0.2, -0.15) is 0 Å². The smallest absolute Gasteiger partial charge is 0.325 e. The average molecular weight is 245 g/mol. The molecule has 0 aliphatic heterocycles. The second-order valence-electron chi connectivity index (χ2n) is 3.75. The monoisotopic (exact) mass is 245 g/mol. The maximum Gasteiger partial charge on any atom is 0.325 e. The number of amides is 3. The Morgan fingerprint density at radius 1 is 1.18 bits per heavy atom. The van der Waals surface area contributed by atoms with Crippen LogP contribution in [0.4, 0.5) is 4.79 Å². The van der Waals surface area contributed by atoms with Crippen molar-refractivity contribution in [3.05, 3.63) is 0 Å². The average Bonchev–Trinajstić information content (AvgIpc) is 2.26. The van der Waals surface area contributed by atoms with Crippen molar-refractivity contribution < 1.29 is 19.5 Å².